The Balaban J connectivity index is 1.47. The van der Waals surface area contributed by atoms with Crippen molar-refractivity contribution in [1.82, 2.24) is 5.32 Å². The first-order chi connectivity index (χ1) is 13.5. The minimum atomic E-state index is -0.457. The van der Waals surface area contributed by atoms with Crippen LogP contribution in [0.3, 0.4) is 0 Å². The average Bonchev–Trinajstić information content (AvgIpc) is 2.68. The van der Waals surface area contributed by atoms with E-state index < -0.39 is 5.91 Å². The van der Waals surface area contributed by atoms with E-state index in [4.69, 9.17) is 33.7 Å². The van der Waals surface area contributed by atoms with Gasteiger partial charge in [-0.3, -0.25) is 4.79 Å². The van der Waals surface area contributed by atoms with Gasteiger partial charge in [-0.2, -0.15) is 0 Å². The molecule has 0 heterocycles. The standard InChI is InChI=1S/C22H20Cl2N2O2/c23-18-6-3-16(21(24)13-18)11-12-26-14-15-1-7-19(8-2-15)28-20-9-4-17(5-10-20)22(25)27/h1-10,13,26H,11-12,14H2,(H2,25,27). The summed E-state index contributed by atoms with van der Waals surface area (Å²) in [4.78, 5) is 11.1. The largest absolute Gasteiger partial charge is 0.457 e. The zero-order valence-electron chi connectivity index (χ0n) is 15.1. The van der Waals surface area contributed by atoms with Crippen LogP contribution in [0.25, 0.3) is 0 Å². The van der Waals surface area contributed by atoms with E-state index in [1.54, 1.807) is 30.3 Å². The number of ether oxygens (including phenoxy) is 1. The summed E-state index contributed by atoms with van der Waals surface area (Å²) in [7, 11) is 0. The van der Waals surface area contributed by atoms with Crippen LogP contribution in [-0.4, -0.2) is 12.5 Å². The number of carbonyl (C=O) groups is 1. The summed E-state index contributed by atoms with van der Waals surface area (Å²) in [6.45, 7) is 1.56. The Hall–Kier alpha value is -2.53. The Morgan fingerprint density at radius 1 is 0.929 bits per heavy atom. The number of halogens is 2. The second-order valence-electron chi connectivity index (χ2n) is 6.30. The third kappa shape index (κ3) is 5.73. The van der Waals surface area contributed by atoms with Crippen LogP contribution in [0.15, 0.2) is 66.7 Å². The molecule has 3 aromatic carbocycles. The lowest BCUT2D eigenvalue weighted by Gasteiger charge is -2.09. The molecule has 0 aromatic heterocycles. The Morgan fingerprint density at radius 3 is 2.18 bits per heavy atom. The van der Waals surface area contributed by atoms with Crippen molar-refractivity contribution in [2.24, 2.45) is 5.73 Å². The fourth-order valence-electron chi connectivity index (χ4n) is 2.68. The molecule has 0 spiro atoms. The van der Waals surface area contributed by atoms with E-state index in [0.29, 0.717) is 21.4 Å². The van der Waals surface area contributed by atoms with E-state index in [-0.39, 0.29) is 0 Å². The van der Waals surface area contributed by atoms with Gasteiger partial charge < -0.3 is 15.8 Å². The Kier molecular flexibility index (Phi) is 6.93. The Labute approximate surface area is 174 Å². The van der Waals surface area contributed by atoms with Crippen molar-refractivity contribution >= 4 is 29.1 Å². The molecule has 3 aromatic rings. The molecule has 144 valence electrons. The molecule has 3 N–H and O–H groups in total. The van der Waals surface area contributed by atoms with Gasteiger partial charge in [0, 0.05) is 22.2 Å². The first-order valence-corrected chi connectivity index (χ1v) is 9.58. The number of hydrogen-bond donors (Lipinski definition) is 2. The Morgan fingerprint density at radius 2 is 1.57 bits per heavy atom. The van der Waals surface area contributed by atoms with E-state index in [2.05, 4.69) is 5.32 Å². The summed E-state index contributed by atoms with van der Waals surface area (Å²) in [5.74, 6) is 0.918. The van der Waals surface area contributed by atoms with Crippen LogP contribution in [0, 0.1) is 0 Å². The summed E-state index contributed by atoms with van der Waals surface area (Å²) in [5.41, 5.74) is 7.91. The molecular weight excluding hydrogens is 395 g/mol. The highest BCUT2D eigenvalue weighted by Gasteiger charge is 2.03. The molecule has 0 aliphatic carbocycles. The highest BCUT2D eigenvalue weighted by molar-refractivity contribution is 6.35. The minimum absolute atomic E-state index is 0.452. The third-order valence-corrected chi connectivity index (χ3v) is 4.80. The number of carbonyl (C=O) groups excluding carboxylic acids is 1. The van der Waals surface area contributed by atoms with E-state index in [1.165, 1.54) is 0 Å². The molecule has 0 bridgehead atoms. The lowest BCUT2D eigenvalue weighted by atomic mass is 10.1. The van der Waals surface area contributed by atoms with Gasteiger partial charge in [-0.15, -0.1) is 0 Å². The molecule has 0 atom stereocenters. The molecular formula is C22H20Cl2N2O2. The van der Waals surface area contributed by atoms with Crippen LogP contribution >= 0.6 is 23.2 Å². The van der Waals surface area contributed by atoms with E-state index in [1.807, 2.05) is 36.4 Å². The molecule has 0 aliphatic rings. The van der Waals surface area contributed by atoms with Gasteiger partial charge in [-0.25, -0.2) is 0 Å². The number of nitrogens with two attached hydrogens (primary N) is 1. The van der Waals surface area contributed by atoms with Crippen LogP contribution in [0.1, 0.15) is 21.5 Å². The van der Waals surface area contributed by atoms with Crippen LogP contribution < -0.4 is 15.8 Å². The van der Waals surface area contributed by atoms with Gasteiger partial charge >= 0.3 is 0 Å². The second kappa shape index (κ2) is 9.60. The van der Waals surface area contributed by atoms with Crippen LogP contribution in [0.5, 0.6) is 11.5 Å². The van der Waals surface area contributed by atoms with Gasteiger partial charge in [0.25, 0.3) is 0 Å². The number of hydrogen-bond acceptors (Lipinski definition) is 3. The zero-order chi connectivity index (χ0) is 19.9. The monoisotopic (exact) mass is 414 g/mol. The molecule has 6 heteroatoms. The highest BCUT2D eigenvalue weighted by atomic mass is 35.5. The molecule has 0 fully saturated rings. The predicted octanol–water partition coefficient (Wildman–Crippen LogP) is 5.22. The number of benzene rings is 3. The minimum Gasteiger partial charge on any atom is -0.457 e. The Bertz CT molecular complexity index is 942. The smallest absolute Gasteiger partial charge is 0.248 e. The van der Waals surface area contributed by atoms with Gasteiger partial charge in [0.15, 0.2) is 0 Å². The van der Waals surface area contributed by atoms with Crippen molar-refractivity contribution in [1.29, 1.82) is 0 Å². The molecule has 1 amide bonds. The summed E-state index contributed by atoms with van der Waals surface area (Å²) < 4.78 is 5.78. The maximum Gasteiger partial charge on any atom is 0.248 e. The van der Waals surface area contributed by atoms with E-state index >= 15 is 0 Å². The fraction of sp³-hybridized carbons (Fsp3) is 0.136. The summed E-state index contributed by atoms with van der Waals surface area (Å²) in [6, 6.07) is 20.1. The quantitative estimate of drug-likeness (QED) is 0.496. The molecule has 0 unspecified atom stereocenters. The molecule has 0 saturated heterocycles. The molecule has 3 rings (SSSR count). The highest BCUT2D eigenvalue weighted by Crippen LogP contribution is 2.23. The average molecular weight is 415 g/mol. The summed E-state index contributed by atoms with van der Waals surface area (Å²) >= 11 is 12.1. The lowest BCUT2D eigenvalue weighted by molar-refractivity contribution is 0.100. The van der Waals surface area contributed by atoms with E-state index in [0.717, 1.165) is 36.4 Å². The number of amides is 1. The van der Waals surface area contributed by atoms with Crippen molar-refractivity contribution in [3.05, 3.63) is 93.5 Å². The van der Waals surface area contributed by atoms with Crippen molar-refractivity contribution in [3.63, 3.8) is 0 Å². The van der Waals surface area contributed by atoms with Crippen molar-refractivity contribution < 1.29 is 9.53 Å². The summed E-state index contributed by atoms with van der Waals surface area (Å²) in [5, 5.41) is 4.74. The number of rotatable bonds is 8. The van der Waals surface area contributed by atoms with Gasteiger partial charge in [-0.1, -0.05) is 41.4 Å². The summed E-state index contributed by atoms with van der Waals surface area (Å²) in [6.07, 6.45) is 0.832. The molecule has 0 saturated carbocycles. The predicted molar refractivity (Wildman–Crippen MR) is 113 cm³/mol. The second-order valence-corrected chi connectivity index (χ2v) is 7.14. The van der Waals surface area contributed by atoms with Crippen molar-refractivity contribution in [2.45, 2.75) is 13.0 Å². The maximum atomic E-state index is 11.1. The molecule has 4 nitrogen and oxygen atoms in total. The van der Waals surface area contributed by atoms with E-state index in [9.17, 15) is 4.79 Å². The van der Waals surface area contributed by atoms with Gasteiger partial charge in [-0.05, 0) is 72.6 Å². The molecule has 0 radical (unpaired) electrons. The maximum absolute atomic E-state index is 11.1. The van der Waals surface area contributed by atoms with Crippen molar-refractivity contribution in [2.75, 3.05) is 6.54 Å². The van der Waals surface area contributed by atoms with Gasteiger partial charge in [0.05, 0.1) is 0 Å². The molecule has 0 aliphatic heterocycles. The third-order valence-electron chi connectivity index (χ3n) is 4.21. The number of primary amides is 1. The first kappa shape index (κ1) is 20.2. The SMILES string of the molecule is NC(=O)c1ccc(Oc2ccc(CNCCc3ccc(Cl)cc3Cl)cc2)cc1. The van der Waals surface area contributed by atoms with Crippen LogP contribution in [-0.2, 0) is 13.0 Å². The normalized spacial score (nSPS) is 10.6. The van der Waals surface area contributed by atoms with Gasteiger partial charge in [0.1, 0.15) is 11.5 Å². The fourth-order valence-corrected chi connectivity index (χ4v) is 3.18. The lowest BCUT2D eigenvalue weighted by Crippen LogP contribution is -2.16. The first-order valence-electron chi connectivity index (χ1n) is 8.82. The zero-order valence-corrected chi connectivity index (χ0v) is 16.6. The topological polar surface area (TPSA) is 64.4 Å². The molecule has 28 heavy (non-hydrogen) atoms. The van der Waals surface area contributed by atoms with Crippen LogP contribution in [0.4, 0.5) is 0 Å². The number of nitrogens with one attached hydrogen (secondary N) is 1. The van der Waals surface area contributed by atoms with Gasteiger partial charge in [0.2, 0.25) is 5.91 Å². The van der Waals surface area contributed by atoms with Crippen molar-refractivity contribution in [3.8, 4) is 11.5 Å². The van der Waals surface area contributed by atoms with Crippen LogP contribution in [0.2, 0.25) is 10.0 Å².